The molecule has 0 atom stereocenters. The lowest BCUT2D eigenvalue weighted by molar-refractivity contribution is -0.113. The predicted molar refractivity (Wildman–Crippen MR) is 134 cm³/mol. The molecule has 1 aromatic heterocycles. The Kier molecular flexibility index (Phi) is 9.21. The highest BCUT2D eigenvalue weighted by Crippen LogP contribution is 2.29. The lowest BCUT2D eigenvalue weighted by Gasteiger charge is -2.11. The first-order valence-corrected chi connectivity index (χ1v) is 11.9. The highest BCUT2D eigenvalue weighted by atomic mass is 35.5. The molecule has 1 heterocycles. The number of ether oxygens (including phenoxy) is 3. The summed E-state index contributed by atoms with van der Waals surface area (Å²) in [6.45, 7) is 2.67. The van der Waals surface area contributed by atoms with Crippen LogP contribution in [0.5, 0.6) is 17.2 Å². The number of nitrogens with one attached hydrogen (secondary N) is 2. The van der Waals surface area contributed by atoms with Crippen LogP contribution >= 0.6 is 23.4 Å². The van der Waals surface area contributed by atoms with Crippen molar-refractivity contribution < 1.29 is 23.8 Å². The standard InChI is InChI=1S/C23H26ClN5O5S/c1-5-29-20(12-25-22(31)14-6-8-18(33-3)19(10-14)34-4)27-28-23(29)35-13-21(30)26-16-11-15(24)7-9-17(16)32-2/h6-11H,5,12-13H2,1-4H3,(H,25,31)(H,26,30). The number of aromatic nitrogens is 3. The zero-order valence-electron chi connectivity index (χ0n) is 19.8. The molecule has 0 bridgehead atoms. The molecule has 0 aliphatic heterocycles. The molecule has 0 aliphatic rings. The molecule has 3 aromatic rings. The number of hydrogen-bond donors (Lipinski definition) is 2. The van der Waals surface area contributed by atoms with Gasteiger partial charge in [-0.05, 0) is 43.3 Å². The van der Waals surface area contributed by atoms with Crippen molar-refractivity contribution >= 4 is 40.9 Å². The van der Waals surface area contributed by atoms with Gasteiger partial charge in [0.25, 0.3) is 5.91 Å². The van der Waals surface area contributed by atoms with Crippen molar-refractivity contribution in [3.8, 4) is 17.2 Å². The van der Waals surface area contributed by atoms with E-state index in [1.54, 1.807) is 36.4 Å². The molecule has 0 saturated carbocycles. The van der Waals surface area contributed by atoms with Gasteiger partial charge in [0.15, 0.2) is 22.5 Å². The second-order valence-corrected chi connectivity index (χ2v) is 8.46. The molecule has 0 spiro atoms. The normalized spacial score (nSPS) is 10.5. The Balaban J connectivity index is 1.60. The Morgan fingerprint density at radius 1 is 1.00 bits per heavy atom. The molecule has 2 amide bonds. The van der Waals surface area contributed by atoms with Crippen LogP contribution in [0.3, 0.4) is 0 Å². The third-order valence-electron chi connectivity index (χ3n) is 4.93. The van der Waals surface area contributed by atoms with Gasteiger partial charge in [-0.3, -0.25) is 9.59 Å². The van der Waals surface area contributed by atoms with E-state index in [0.29, 0.717) is 51.0 Å². The summed E-state index contributed by atoms with van der Waals surface area (Å²) in [5.41, 5.74) is 0.911. The van der Waals surface area contributed by atoms with Gasteiger partial charge in [0.05, 0.1) is 39.3 Å². The van der Waals surface area contributed by atoms with Crippen LogP contribution in [0.2, 0.25) is 5.02 Å². The minimum absolute atomic E-state index is 0.103. The number of thioether (sulfide) groups is 1. The topological polar surface area (TPSA) is 117 Å². The van der Waals surface area contributed by atoms with Gasteiger partial charge < -0.3 is 29.4 Å². The van der Waals surface area contributed by atoms with Crippen LogP contribution in [0.25, 0.3) is 0 Å². The predicted octanol–water partition coefficient (Wildman–Crippen LogP) is 3.64. The van der Waals surface area contributed by atoms with Crippen LogP contribution in [-0.2, 0) is 17.9 Å². The first kappa shape index (κ1) is 26.2. The van der Waals surface area contributed by atoms with Gasteiger partial charge in [-0.15, -0.1) is 10.2 Å². The molecule has 3 rings (SSSR count). The van der Waals surface area contributed by atoms with Crippen molar-refractivity contribution in [3.63, 3.8) is 0 Å². The Hall–Kier alpha value is -3.44. The minimum Gasteiger partial charge on any atom is -0.495 e. The maximum Gasteiger partial charge on any atom is 0.251 e. The summed E-state index contributed by atoms with van der Waals surface area (Å²) < 4.78 is 17.5. The van der Waals surface area contributed by atoms with Crippen molar-refractivity contribution in [2.24, 2.45) is 0 Å². The summed E-state index contributed by atoms with van der Waals surface area (Å²) in [7, 11) is 4.56. The molecular formula is C23H26ClN5O5S. The van der Waals surface area contributed by atoms with E-state index in [-0.39, 0.29) is 24.1 Å². The average Bonchev–Trinajstić information content (AvgIpc) is 3.27. The molecule has 0 aliphatic carbocycles. The number of rotatable bonds is 11. The van der Waals surface area contributed by atoms with Crippen LogP contribution in [-0.4, -0.2) is 53.7 Å². The van der Waals surface area contributed by atoms with Crippen molar-refractivity contribution in [2.75, 3.05) is 32.4 Å². The van der Waals surface area contributed by atoms with Crippen LogP contribution in [0.4, 0.5) is 5.69 Å². The smallest absolute Gasteiger partial charge is 0.251 e. The first-order valence-electron chi connectivity index (χ1n) is 10.6. The highest BCUT2D eigenvalue weighted by Gasteiger charge is 2.16. The zero-order valence-corrected chi connectivity index (χ0v) is 21.3. The summed E-state index contributed by atoms with van der Waals surface area (Å²) in [6, 6.07) is 9.91. The van der Waals surface area contributed by atoms with Gasteiger partial charge in [0.1, 0.15) is 5.75 Å². The van der Waals surface area contributed by atoms with Gasteiger partial charge in [-0.1, -0.05) is 23.4 Å². The largest absolute Gasteiger partial charge is 0.495 e. The van der Waals surface area contributed by atoms with Gasteiger partial charge in [0, 0.05) is 17.1 Å². The summed E-state index contributed by atoms with van der Waals surface area (Å²) >= 11 is 7.25. The molecule has 2 N–H and O–H groups in total. The molecular weight excluding hydrogens is 494 g/mol. The fraction of sp³-hybridized carbons (Fsp3) is 0.304. The molecule has 2 aromatic carbocycles. The number of benzene rings is 2. The monoisotopic (exact) mass is 519 g/mol. The van der Waals surface area contributed by atoms with Gasteiger partial charge in [-0.2, -0.15) is 0 Å². The number of carbonyl (C=O) groups is 2. The maximum absolute atomic E-state index is 12.6. The van der Waals surface area contributed by atoms with Crippen LogP contribution in [0.1, 0.15) is 23.1 Å². The average molecular weight is 520 g/mol. The molecule has 10 nitrogen and oxygen atoms in total. The van der Waals surface area contributed by atoms with Gasteiger partial charge >= 0.3 is 0 Å². The molecule has 0 saturated heterocycles. The Labute approximate surface area is 212 Å². The third kappa shape index (κ3) is 6.58. The molecule has 35 heavy (non-hydrogen) atoms. The Morgan fingerprint density at radius 2 is 1.71 bits per heavy atom. The highest BCUT2D eigenvalue weighted by molar-refractivity contribution is 7.99. The first-order chi connectivity index (χ1) is 16.9. The molecule has 186 valence electrons. The second kappa shape index (κ2) is 12.3. The number of carbonyl (C=O) groups excluding carboxylic acids is 2. The van der Waals surface area contributed by atoms with E-state index < -0.39 is 0 Å². The van der Waals surface area contributed by atoms with Crippen LogP contribution in [0, 0.1) is 0 Å². The second-order valence-electron chi connectivity index (χ2n) is 7.08. The number of amides is 2. The maximum atomic E-state index is 12.6. The van der Waals surface area contributed by atoms with Gasteiger partial charge in [0.2, 0.25) is 5.91 Å². The van der Waals surface area contributed by atoms with E-state index in [4.69, 9.17) is 25.8 Å². The quantitative estimate of drug-likeness (QED) is 0.369. The Bertz CT molecular complexity index is 1200. The number of anilines is 1. The van der Waals surface area contributed by atoms with E-state index >= 15 is 0 Å². The van der Waals surface area contributed by atoms with E-state index in [1.165, 1.54) is 33.1 Å². The van der Waals surface area contributed by atoms with Crippen LogP contribution < -0.4 is 24.8 Å². The SMILES string of the molecule is CCn1c(CNC(=O)c2ccc(OC)c(OC)c2)nnc1SCC(=O)Nc1cc(Cl)ccc1OC. The van der Waals surface area contributed by atoms with E-state index in [2.05, 4.69) is 20.8 Å². The van der Waals surface area contributed by atoms with E-state index in [9.17, 15) is 9.59 Å². The third-order valence-corrected chi connectivity index (χ3v) is 6.13. The lowest BCUT2D eigenvalue weighted by Crippen LogP contribution is -2.25. The van der Waals surface area contributed by atoms with Crippen molar-refractivity contribution in [1.29, 1.82) is 0 Å². The van der Waals surface area contributed by atoms with Crippen molar-refractivity contribution in [3.05, 3.63) is 52.8 Å². The summed E-state index contributed by atoms with van der Waals surface area (Å²) in [6.07, 6.45) is 0. The number of nitrogens with zero attached hydrogens (tertiary/aromatic N) is 3. The van der Waals surface area contributed by atoms with Crippen molar-refractivity contribution in [2.45, 2.75) is 25.2 Å². The molecule has 0 fully saturated rings. The summed E-state index contributed by atoms with van der Waals surface area (Å²) in [4.78, 5) is 25.1. The van der Waals surface area contributed by atoms with E-state index in [1.807, 2.05) is 11.5 Å². The number of hydrogen-bond acceptors (Lipinski definition) is 8. The summed E-state index contributed by atoms with van der Waals surface area (Å²) in [5.74, 6) is 1.65. The number of halogens is 1. The fourth-order valence-electron chi connectivity index (χ4n) is 3.21. The molecule has 12 heteroatoms. The minimum atomic E-state index is -0.291. The Morgan fingerprint density at radius 3 is 2.40 bits per heavy atom. The van der Waals surface area contributed by atoms with Gasteiger partial charge in [-0.25, -0.2) is 0 Å². The lowest BCUT2D eigenvalue weighted by atomic mass is 10.2. The molecule has 0 radical (unpaired) electrons. The zero-order chi connectivity index (χ0) is 25.4. The van der Waals surface area contributed by atoms with Crippen LogP contribution in [0.15, 0.2) is 41.6 Å². The summed E-state index contributed by atoms with van der Waals surface area (Å²) in [5, 5.41) is 15.0. The fourth-order valence-corrected chi connectivity index (χ4v) is 4.20. The molecule has 0 unspecified atom stereocenters. The van der Waals surface area contributed by atoms with E-state index in [0.717, 1.165) is 0 Å². The van der Waals surface area contributed by atoms with Crippen molar-refractivity contribution in [1.82, 2.24) is 20.1 Å². The number of methoxy groups -OCH3 is 3.